The molecule has 4 heteroatoms. The van der Waals surface area contributed by atoms with E-state index in [0.29, 0.717) is 4.90 Å². The normalized spacial score (nSPS) is 11.3. The van der Waals surface area contributed by atoms with Gasteiger partial charge >= 0.3 is 0 Å². The first-order valence-electron chi connectivity index (χ1n) is 6.04. The second-order valence-corrected chi connectivity index (χ2v) is 6.41. The van der Waals surface area contributed by atoms with Crippen LogP contribution in [0.3, 0.4) is 0 Å². The molecule has 0 aromatic heterocycles. The summed E-state index contributed by atoms with van der Waals surface area (Å²) < 4.78 is 29.1. The third-order valence-corrected chi connectivity index (χ3v) is 4.72. The van der Waals surface area contributed by atoms with Gasteiger partial charge in [-0.2, -0.15) is 0 Å². The van der Waals surface area contributed by atoms with Gasteiger partial charge in [-0.3, -0.25) is 0 Å². The lowest BCUT2D eigenvalue weighted by atomic mass is 10.1. The molecule has 0 bridgehead atoms. The number of methoxy groups -OCH3 is 1. The predicted molar refractivity (Wildman–Crippen MR) is 76.2 cm³/mol. The van der Waals surface area contributed by atoms with Crippen LogP contribution in [0.15, 0.2) is 53.4 Å². The topological polar surface area (TPSA) is 43.4 Å². The van der Waals surface area contributed by atoms with Crippen molar-refractivity contribution in [3.8, 4) is 16.9 Å². The van der Waals surface area contributed by atoms with Crippen molar-refractivity contribution in [2.75, 3.05) is 12.9 Å². The number of para-hydroxylation sites is 1. The van der Waals surface area contributed by atoms with Crippen LogP contribution in [0, 0.1) is 0 Å². The van der Waals surface area contributed by atoms with E-state index in [9.17, 15) is 8.42 Å². The van der Waals surface area contributed by atoms with Crippen LogP contribution in [0.4, 0.5) is 0 Å². The number of sulfone groups is 1. The third-order valence-electron chi connectivity index (χ3n) is 2.99. The molecule has 0 atom stereocenters. The Morgan fingerprint density at radius 1 is 1.05 bits per heavy atom. The van der Waals surface area contributed by atoms with Crippen LogP contribution in [0.2, 0.25) is 0 Å². The summed E-state index contributed by atoms with van der Waals surface area (Å²) in [6, 6.07) is 14.5. The van der Waals surface area contributed by atoms with Crippen molar-refractivity contribution in [2.24, 2.45) is 0 Å². The largest absolute Gasteiger partial charge is 0.496 e. The van der Waals surface area contributed by atoms with E-state index >= 15 is 0 Å². The van der Waals surface area contributed by atoms with E-state index in [4.69, 9.17) is 4.74 Å². The molecular formula is C15H16O3S. The van der Waals surface area contributed by atoms with E-state index in [1.807, 2.05) is 30.3 Å². The number of rotatable bonds is 4. The van der Waals surface area contributed by atoms with Gasteiger partial charge in [0.05, 0.1) is 17.8 Å². The van der Waals surface area contributed by atoms with Gasteiger partial charge in [0.15, 0.2) is 9.84 Å². The molecule has 0 saturated carbocycles. The van der Waals surface area contributed by atoms with Crippen LogP contribution in [0.5, 0.6) is 5.75 Å². The van der Waals surface area contributed by atoms with E-state index in [1.54, 1.807) is 32.2 Å². The minimum atomic E-state index is -3.19. The fourth-order valence-electron chi connectivity index (χ4n) is 1.91. The Morgan fingerprint density at radius 3 is 2.47 bits per heavy atom. The van der Waals surface area contributed by atoms with Crippen LogP contribution in [0.25, 0.3) is 11.1 Å². The molecule has 0 unspecified atom stereocenters. The van der Waals surface area contributed by atoms with Crippen molar-refractivity contribution >= 4 is 9.84 Å². The first-order chi connectivity index (χ1) is 9.08. The minimum Gasteiger partial charge on any atom is -0.496 e. The van der Waals surface area contributed by atoms with Crippen LogP contribution in [-0.4, -0.2) is 21.3 Å². The van der Waals surface area contributed by atoms with E-state index in [2.05, 4.69) is 0 Å². The summed E-state index contributed by atoms with van der Waals surface area (Å²) in [5.41, 5.74) is 1.73. The number of hydrogen-bond acceptors (Lipinski definition) is 3. The average Bonchev–Trinajstić information content (AvgIpc) is 2.47. The van der Waals surface area contributed by atoms with E-state index in [0.717, 1.165) is 16.9 Å². The summed E-state index contributed by atoms with van der Waals surface area (Å²) in [4.78, 5) is 0.346. The zero-order valence-electron chi connectivity index (χ0n) is 11.0. The summed E-state index contributed by atoms with van der Waals surface area (Å²) in [7, 11) is -1.59. The second kappa shape index (κ2) is 5.45. The molecule has 0 fully saturated rings. The van der Waals surface area contributed by atoms with Gasteiger partial charge in [-0.05, 0) is 23.8 Å². The molecule has 0 N–H and O–H groups in total. The molecule has 0 aliphatic rings. The molecule has 0 radical (unpaired) electrons. The molecule has 0 saturated heterocycles. The molecule has 3 nitrogen and oxygen atoms in total. The van der Waals surface area contributed by atoms with Crippen LogP contribution in [-0.2, 0) is 9.84 Å². The Labute approximate surface area is 113 Å². The van der Waals surface area contributed by atoms with Gasteiger partial charge < -0.3 is 4.74 Å². The second-order valence-electron chi connectivity index (χ2n) is 4.13. The Morgan fingerprint density at radius 2 is 1.79 bits per heavy atom. The molecule has 0 heterocycles. The number of benzene rings is 2. The molecule has 0 aliphatic carbocycles. The van der Waals surface area contributed by atoms with Crippen LogP contribution in [0.1, 0.15) is 6.92 Å². The molecule has 0 spiro atoms. The zero-order valence-corrected chi connectivity index (χ0v) is 11.8. The van der Waals surface area contributed by atoms with E-state index in [1.165, 1.54) is 0 Å². The Kier molecular flexibility index (Phi) is 3.90. The van der Waals surface area contributed by atoms with Crippen molar-refractivity contribution in [2.45, 2.75) is 11.8 Å². The van der Waals surface area contributed by atoms with Crippen molar-refractivity contribution in [3.63, 3.8) is 0 Å². The highest BCUT2D eigenvalue weighted by Crippen LogP contribution is 2.30. The molecule has 19 heavy (non-hydrogen) atoms. The average molecular weight is 276 g/mol. The summed E-state index contributed by atoms with van der Waals surface area (Å²) in [6.45, 7) is 1.64. The lowest BCUT2D eigenvalue weighted by Gasteiger charge is -2.09. The SMILES string of the molecule is CCS(=O)(=O)c1cccc(-c2ccccc2OC)c1. The highest BCUT2D eigenvalue weighted by atomic mass is 32.2. The molecule has 2 rings (SSSR count). The highest BCUT2D eigenvalue weighted by Gasteiger charge is 2.13. The number of ether oxygens (including phenoxy) is 1. The maximum absolute atomic E-state index is 11.9. The van der Waals surface area contributed by atoms with Crippen LogP contribution < -0.4 is 4.74 Å². The first kappa shape index (κ1) is 13.6. The molecule has 0 aliphatic heterocycles. The Balaban J connectivity index is 2.56. The van der Waals surface area contributed by atoms with Crippen molar-refractivity contribution in [1.29, 1.82) is 0 Å². The van der Waals surface area contributed by atoms with Gasteiger partial charge in [0.1, 0.15) is 5.75 Å². The van der Waals surface area contributed by atoms with Gasteiger partial charge in [-0.25, -0.2) is 8.42 Å². The lowest BCUT2D eigenvalue weighted by molar-refractivity contribution is 0.416. The zero-order chi connectivity index (χ0) is 13.9. The monoisotopic (exact) mass is 276 g/mol. The van der Waals surface area contributed by atoms with Gasteiger partial charge in [0.25, 0.3) is 0 Å². The van der Waals surface area contributed by atoms with Crippen LogP contribution >= 0.6 is 0 Å². The maximum Gasteiger partial charge on any atom is 0.178 e. The summed E-state index contributed by atoms with van der Waals surface area (Å²) in [5, 5.41) is 0. The molecule has 2 aromatic rings. The third kappa shape index (κ3) is 2.79. The summed E-state index contributed by atoms with van der Waals surface area (Å²) in [6.07, 6.45) is 0. The number of hydrogen-bond donors (Lipinski definition) is 0. The minimum absolute atomic E-state index is 0.0996. The lowest BCUT2D eigenvalue weighted by Crippen LogP contribution is -2.03. The maximum atomic E-state index is 11.9. The molecule has 2 aromatic carbocycles. The first-order valence-corrected chi connectivity index (χ1v) is 7.70. The highest BCUT2D eigenvalue weighted by molar-refractivity contribution is 7.91. The van der Waals surface area contributed by atoms with Crippen molar-refractivity contribution < 1.29 is 13.2 Å². The summed E-state index contributed by atoms with van der Waals surface area (Å²) in [5.74, 6) is 0.830. The molecular weight excluding hydrogens is 260 g/mol. The van der Waals surface area contributed by atoms with Gasteiger partial charge in [0, 0.05) is 5.56 Å². The molecule has 100 valence electrons. The van der Waals surface area contributed by atoms with Crippen molar-refractivity contribution in [3.05, 3.63) is 48.5 Å². The van der Waals surface area contributed by atoms with E-state index < -0.39 is 9.84 Å². The fraction of sp³-hybridized carbons (Fsp3) is 0.200. The standard InChI is InChI=1S/C15H16O3S/c1-3-19(16,17)13-8-6-7-12(11-13)14-9-4-5-10-15(14)18-2/h4-11H,3H2,1-2H3. The van der Waals surface area contributed by atoms with Crippen molar-refractivity contribution in [1.82, 2.24) is 0 Å². The Bertz CT molecular complexity index is 675. The van der Waals surface area contributed by atoms with Gasteiger partial charge in [-0.15, -0.1) is 0 Å². The predicted octanol–water partition coefficient (Wildman–Crippen LogP) is 3.16. The van der Waals surface area contributed by atoms with E-state index in [-0.39, 0.29) is 5.75 Å². The summed E-state index contributed by atoms with van der Waals surface area (Å²) >= 11 is 0. The quantitative estimate of drug-likeness (QED) is 0.861. The fourth-order valence-corrected chi connectivity index (χ4v) is 2.83. The van der Waals surface area contributed by atoms with Gasteiger partial charge in [0.2, 0.25) is 0 Å². The molecule has 0 amide bonds. The smallest absolute Gasteiger partial charge is 0.178 e. The van der Waals surface area contributed by atoms with Gasteiger partial charge in [-0.1, -0.05) is 37.3 Å². The Hall–Kier alpha value is -1.81.